The summed E-state index contributed by atoms with van der Waals surface area (Å²) in [5, 5.41) is 23.8. The van der Waals surface area contributed by atoms with Crippen molar-refractivity contribution in [1.29, 1.82) is 0 Å². The highest BCUT2D eigenvalue weighted by atomic mass is 16.6. The zero-order valence-corrected chi connectivity index (χ0v) is 25.5. The number of carbonyl (C=O) groups excluding carboxylic acids is 4. The highest BCUT2D eigenvalue weighted by Crippen LogP contribution is 2.74. The van der Waals surface area contributed by atoms with E-state index in [2.05, 4.69) is 0 Å². The molecule has 0 bridgehead atoms. The number of epoxide rings is 2. The number of ether oxygens (including phenoxy) is 5. The van der Waals surface area contributed by atoms with E-state index in [-0.39, 0.29) is 61.3 Å². The van der Waals surface area contributed by atoms with Crippen molar-refractivity contribution in [1.82, 2.24) is 0 Å². The monoisotopic (exact) mass is 602 g/mol. The predicted octanol–water partition coefficient (Wildman–Crippen LogP) is 1.65. The Morgan fingerprint density at radius 1 is 1.07 bits per heavy atom. The maximum Gasteiger partial charge on any atom is 0.334 e. The first kappa shape index (κ1) is 29.4. The number of hydrogen-bond acceptors (Lipinski definition) is 11. The van der Waals surface area contributed by atoms with Gasteiger partial charge in [-0.15, -0.1) is 0 Å². The first-order valence-electron chi connectivity index (χ1n) is 15.6. The Kier molecular flexibility index (Phi) is 6.38. The highest BCUT2D eigenvalue weighted by molar-refractivity contribution is 5.91. The van der Waals surface area contributed by atoms with E-state index in [1.807, 2.05) is 20.8 Å². The summed E-state index contributed by atoms with van der Waals surface area (Å²) in [5.41, 5.74) is -1.89. The average molecular weight is 603 g/mol. The van der Waals surface area contributed by atoms with Gasteiger partial charge in [-0.25, -0.2) is 4.79 Å². The van der Waals surface area contributed by atoms with Gasteiger partial charge in [0.2, 0.25) is 0 Å². The standard InChI is InChI=1S/C32H42O11/c1-12-16(11-39-29(12)37)7-19(35)13(2)24-20(36)8-17-23-18(9-22(30(17,24)5)40-14(3)33)31(6)27(41-15(4)34)25-21(42-25)10-32(31,38)28-26(23)43-28/h13,17-19,21-28,35,38H,7-11H2,1-6H3. The van der Waals surface area contributed by atoms with E-state index in [0.717, 1.165) is 5.57 Å². The number of hydrogen-bond donors (Lipinski definition) is 2. The van der Waals surface area contributed by atoms with Crippen LogP contribution in [0.4, 0.5) is 0 Å². The van der Waals surface area contributed by atoms with Crippen LogP contribution in [0.2, 0.25) is 0 Å². The number of Topliss-reactive ketones (excluding diaryl/α,β-unsaturated/α-hetero) is 1. The summed E-state index contributed by atoms with van der Waals surface area (Å²) in [4.78, 5) is 50.9. The minimum atomic E-state index is -1.32. The lowest BCUT2D eigenvalue weighted by atomic mass is 9.42. The Labute approximate surface area is 250 Å². The molecule has 7 aliphatic rings. The molecule has 15 atom stereocenters. The number of carbonyl (C=O) groups is 4. The highest BCUT2D eigenvalue weighted by Gasteiger charge is 2.83. The van der Waals surface area contributed by atoms with Crippen molar-refractivity contribution in [3.8, 4) is 0 Å². The Morgan fingerprint density at radius 3 is 2.40 bits per heavy atom. The first-order valence-corrected chi connectivity index (χ1v) is 15.6. The zero-order chi connectivity index (χ0) is 31.0. The van der Waals surface area contributed by atoms with Crippen LogP contribution in [0.3, 0.4) is 0 Å². The molecule has 0 radical (unpaired) electrons. The van der Waals surface area contributed by atoms with Gasteiger partial charge in [0, 0.05) is 49.0 Å². The predicted molar refractivity (Wildman–Crippen MR) is 146 cm³/mol. The normalized spacial score (nSPS) is 50.3. The lowest BCUT2D eigenvalue weighted by Gasteiger charge is -2.63. The van der Waals surface area contributed by atoms with E-state index >= 15 is 0 Å². The number of cyclic esters (lactones) is 1. The van der Waals surface area contributed by atoms with Crippen LogP contribution in [0.25, 0.3) is 0 Å². The van der Waals surface area contributed by atoms with Crippen LogP contribution in [0, 0.1) is 40.4 Å². The van der Waals surface area contributed by atoms with Crippen LogP contribution < -0.4 is 0 Å². The molecule has 3 heterocycles. The molecule has 0 amide bonds. The molecule has 0 aromatic rings. The molecular weight excluding hydrogens is 560 g/mol. The molecule has 7 rings (SSSR count). The number of fused-ring (bicyclic) bond motifs is 9. The number of ketones is 1. The van der Waals surface area contributed by atoms with Gasteiger partial charge >= 0.3 is 17.9 Å². The molecule has 11 heteroatoms. The van der Waals surface area contributed by atoms with Gasteiger partial charge in [-0.3, -0.25) is 14.4 Å². The van der Waals surface area contributed by atoms with Gasteiger partial charge in [0.05, 0.1) is 18.3 Å². The minimum Gasteiger partial charge on any atom is -0.462 e. The van der Waals surface area contributed by atoms with Crippen molar-refractivity contribution in [3.63, 3.8) is 0 Å². The molecule has 0 aromatic carbocycles. The second-order valence-electron chi connectivity index (χ2n) is 14.7. The van der Waals surface area contributed by atoms with E-state index in [9.17, 15) is 29.4 Å². The average Bonchev–Trinajstić information content (AvgIpc) is 3.82. The van der Waals surface area contributed by atoms with E-state index in [1.165, 1.54) is 13.8 Å². The molecule has 4 aliphatic carbocycles. The Bertz CT molecular complexity index is 1320. The fourth-order valence-corrected chi connectivity index (χ4v) is 10.6. The molecule has 3 aliphatic heterocycles. The van der Waals surface area contributed by atoms with Crippen molar-refractivity contribution in [2.24, 2.45) is 40.4 Å². The SMILES string of the molecule is CC(=O)OC1CC2C(C3OC3C3(O)CC4OC4C(OC(C)=O)C23C)C2CC(=O)C(C(C)C(O)CC3=C(C)C(=O)OC3)C12C. The molecule has 2 saturated heterocycles. The summed E-state index contributed by atoms with van der Waals surface area (Å²) < 4.78 is 29.3. The van der Waals surface area contributed by atoms with Gasteiger partial charge in [-0.2, -0.15) is 0 Å². The van der Waals surface area contributed by atoms with E-state index in [1.54, 1.807) is 6.92 Å². The Morgan fingerprint density at radius 2 is 1.77 bits per heavy atom. The summed E-state index contributed by atoms with van der Waals surface area (Å²) in [6, 6.07) is 0. The quantitative estimate of drug-likeness (QED) is 0.258. The van der Waals surface area contributed by atoms with Crippen molar-refractivity contribution >= 4 is 23.7 Å². The molecule has 43 heavy (non-hydrogen) atoms. The van der Waals surface area contributed by atoms with E-state index in [4.69, 9.17) is 23.7 Å². The minimum absolute atomic E-state index is 0.00439. The number of esters is 3. The van der Waals surface area contributed by atoms with Crippen molar-refractivity contribution in [2.75, 3.05) is 6.61 Å². The fraction of sp³-hybridized carbons (Fsp3) is 0.812. The van der Waals surface area contributed by atoms with Crippen LogP contribution in [0.15, 0.2) is 11.1 Å². The Hall–Kier alpha value is -2.34. The van der Waals surface area contributed by atoms with Crippen molar-refractivity contribution in [3.05, 3.63) is 11.1 Å². The molecule has 4 saturated carbocycles. The lowest BCUT2D eigenvalue weighted by Crippen LogP contribution is -2.72. The van der Waals surface area contributed by atoms with E-state index in [0.29, 0.717) is 18.4 Å². The summed E-state index contributed by atoms with van der Waals surface area (Å²) in [7, 11) is 0. The molecule has 11 nitrogen and oxygen atoms in total. The maximum atomic E-state index is 14.0. The molecule has 0 spiro atoms. The molecule has 236 valence electrons. The van der Waals surface area contributed by atoms with Gasteiger partial charge in [-0.05, 0) is 49.0 Å². The van der Waals surface area contributed by atoms with Crippen LogP contribution in [0.5, 0.6) is 0 Å². The number of rotatable bonds is 6. The van der Waals surface area contributed by atoms with Gasteiger partial charge in [0.25, 0.3) is 0 Å². The Balaban J connectivity index is 1.27. The van der Waals surface area contributed by atoms with Crippen LogP contribution in [-0.4, -0.2) is 88.8 Å². The number of aliphatic hydroxyl groups excluding tert-OH is 1. The largest absolute Gasteiger partial charge is 0.462 e. The molecule has 2 N–H and O–H groups in total. The second-order valence-corrected chi connectivity index (χ2v) is 14.7. The third-order valence-corrected chi connectivity index (χ3v) is 12.8. The lowest BCUT2D eigenvalue weighted by molar-refractivity contribution is -0.250. The topological polar surface area (TPSA) is 161 Å². The third-order valence-electron chi connectivity index (χ3n) is 12.8. The van der Waals surface area contributed by atoms with Crippen molar-refractivity contribution in [2.45, 2.75) is 116 Å². The number of aliphatic hydroxyl groups is 2. The van der Waals surface area contributed by atoms with Crippen molar-refractivity contribution < 1.29 is 53.1 Å². The van der Waals surface area contributed by atoms with Gasteiger partial charge < -0.3 is 33.9 Å². The molecule has 15 unspecified atom stereocenters. The van der Waals surface area contributed by atoms with Crippen LogP contribution >= 0.6 is 0 Å². The molecular formula is C32H42O11. The maximum absolute atomic E-state index is 14.0. The summed E-state index contributed by atoms with van der Waals surface area (Å²) in [6.07, 6.45) is -2.51. The summed E-state index contributed by atoms with van der Waals surface area (Å²) in [5.74, 6) is -3.16. The van der Waals surface area contributed by atoms with Crippen LogP contribution in [-0.2, 0) is 42.9 Å². The van der Waals surface area contributed by atoms with Crippen LogP contribution in [0.1, 0.15) is 67.2 Å². The fourth-order valence-electron chi connectivity index (χ4n) is 10.6. The molecule has 0 aromatic heterocycles. The summed E-state index contributed by atoms with van der Waals surface area (Å²) >= 11 is 0. The van der Waals surface area contributed by atoms with Gasteiger partial charge in [0.1, 0.15) is 42.4 Å². The zero-order valence-electron chi connectivity index (χ0n) is 25.5. The first-order chi connectivity index (χ1) is 20.1. The smallest absolute Gasteiger partial charge is 0.334 e. The summed E-state index contributed by atoms with van der Waals surface area (Å²) in [6.45, 7) is 10.3. The van der Waals surface area contributed by atoms with Gasteiger partial charge in [0.15, 0.2) is 0 Å². The molecule has 6 fully saturated rings. The third kappa shape index (κ3) is 3.86. The van der Waals surface area contributed by atoms with Gasteiger partial charge in [-0.1, -0.05) is 20.8 Å². The van der Waals surface area contributed by atoms with E-state index < -0.39 is 70.6 Å². The second kappa shape index (κ2) is 9.34.